The first-order valence-corrected chi connectivity index (χ1v) is 10.1. The van der Waals surface area contributed by atoms with E-state index in [-0.39, 0.29) is 5.41 Å². The molecule has 1 heterocycles. The second-order valence-electron chi connectivity index (χ2n) is 7.91. The number of hydrogen-bond acceptors (Lipinski definition) is 5. The molecule has 1 fully saturated rings. The summed E-state index contributed by atoms with van der Waals surface area (Å²) in [6, 6.07) is 21.1. The summed E-state index contributed by atoms with van der Waals surface area (Å²) in [6.45, 7) is 0. The van der Waals surface area contributed by atoms with Gasteiger partial charge in [-0.2, -0.15) is 10.2 Å². The van der Waals surface area contributed by atoms with Crippen molar-refractivity contribution in [3.05, 3.63) is 77.0 Å². The van der Waals surface area contributed by atoms with Gasteiger partial charge in [-0.25, -0.2) is 4.98 Å². The average Bonchev–Trinajstić information content (AvgIpc) is 3.46. The van der Waals surface area contributed by atoms with Gasteiger partial charge in [0.05, 0.1) is 17.2 Å². The van der Waals surface area contributed by atoms with Gasteiger partial charge in [0.1, 0.15) is 5.82 Å². The van der Waals surface area contributed by atoms with Crippen molar-refractivity contribution >= 4 is 17.5 Å². The summed E-state index contributed by atoms with van der Waals surface area (Å²) in [5, 5.41) is 16.0. The number of rotatable bonds is 5. The van der Waals surface area contributed by atoms with Gasteiger partial charge in [0, 0.05) is 24.2 Å². The molecule has 2 aliphatic rings. The highest BCUT2D eigenvalue weighted by atomic mass is 15.1. The van der Waals surface area contributed by atoms with Crippen LogP contribution in [-0.4, -0.2) is 17.0 Å². The van der Waals surface area contributed by atoms with E-state index in [2.05, 4.69) is 41.0 Å². The van der Waals surface area contributed by atoms with Crippen molar-refractivity contribution in [2.24, 2.45) is 0 Å². The van der Waals surface area contributed by atoms with Gasteiger partial charge in [0.2, 0.25) is 5.95 Å². The maximum Gasteiger partial charge on any atom is 0.229 e. The normalized spacial score (nSPS) is 18.6. The topological polar surface area (TPSA) is 73.6 Å². The Bertz CT molecular complexity index is 1080. The first kappa shape index (κ1) is 17.7. The average molecular weight is 381 g/mol. The van der Waals surface area contributed by atoms with Crippen molar-refractivity contribution in [3.63, 3.8) is 0 Å². The molecule has 0 saturated heterocycles. The highest BCUT2D eigenvalue weighted by Crippen LogP contribution is 2.47. The Hall–Kier alpha value is -3.39. The molecular weight excluding hydrogens is 358 g/mol. The summed E-state index contributed by atoms with van der Waals surface area (Å²) in [5.41, 5.74) is 5.39. The first-order valence-electron chi connectivity index (χ1n) is 10.1. The van der Waals surface area contributed by atoms with Gasteiger partial charge in [-0.3, -0.25) is 0 Å². The van der Waals surface area contributed by atoms with Crippen LogP contribution >= 0.6 is 0 Å². The summed E-state index contributed by atoms with van der Waals surface area (Å²) in [4.78, 5) is 9.60. The molecule has 0 bridgehead atoms. The number of nitrogens with one attached hydrogen (secondary N) is 2. The van der Waals surface area contributed by atoms with Crippen LogP contribution in [0.2, 0.25) is 0 Å². The first-order chi connectivity index (χ1) is 14.2. The quantitative estimate of drug-likeness (QED) is 0.658. The third kappa shape index (κ3) is 3.11. The Morgan fingerprint density at radius 1 is 1.03 bits per heavy atom. The van der Waals surface area contributed by atoms with Crippen LogP contribution < -0.4 is 10.6 Å². The Labute approximate surface area is 170 Å². The van der Waals surface area contributed by atoms with Crippen LogP contribution in [0.3, 0.4) is 0 Å². The summed E-state index contributed by atoms with van der Waals surface area (Å²) in [5.74, 6) is 1.80. The van der Waals surface area contributed by atoms with E-state index in [1.54, 1.807) is 0 Å². The highest BCUT2D eigenvalue weighted by molar-refractivity contribution is 5.60. The fourth-order valence-corrected chi connectivity index (χ4v) is 4.33. The molecule has 5 heteroatoms. The number of benzene rings is 2. The van der Waals surface area contributed by atoms with E-state index in [0.717, 1.165) is 48.4 Å². The van der Waals surface area contributed by atoms with Gasteiger partial charge < -0.3 is 10.6 Å². The van der Waals surface area contributed by atoms with Gasteiger partial charge in [-0.1, -0.05) is 42.5 Å². The van der Waals surface area contributed by atoms with E-state index < -0.39 is 0 Å². The van der Waals surface area contributed by atoms with E-state index in [1.807, 2.05) is 37.4 Å². The Kier molecular flexibility index (Phi) is 4.21. The van der Waals surface area contributed by atoms with Crippen molar-refractivity contribution < 1.29 is 0 Å². The fourth-order valence-electron chi connectivity index (χ4n) is 4.33. The Morgan fingerprint density at radius 3 is 2.45 bits per heavy atom. The minimum absolute atomic E-state index is 0.259. The third-order valence-corrected chi connectivity index (χ3v) is 6.15. The van der Waals surface area contributed by atoms with Crippen molar-refractivity contribution in [1.29, 1.82) is 5.26 Å². The number of anilines is 3. The highest BCUT2D eigenvalue weighted by Gasteiger charge is 2.44. The monoisotopic (exact) mass is 381 g/mol. The molecule has 2 aliphatic carbocycles. The van der Waals surface area contributed by atoms with Crippen molar-refractivity contribution in [1.82, 2.24) is 9.97 Å². The van der Waals surface area contributed by atoms with E-state index in [4.69, 9.17) is 9.97 Å². The lowest BCUT2D eigenvalue weighted by atomic mass is 9.97. The lowest BCUT2D eigenvalue weighted by molar-refractivity contribution is 0.772. The molecule has 1 atom stereocenters. The number of fused-ring (bicyclic) bond motifs is 1. The molecule has 0 aliphatic heterocycles. The molecule has 29 heavy (non-hydrogen) atoms. The van der Waals surface area contributed by atoms with Crippen LogP contribution in [0.15, 0.2) is 54.6 Å². The Balaban J connectivity index is 1.45. The molecule has 2 aromatic carbocycles. The maximum atomic E-state index is 9.39. The van der Waals surface area contributed by atoms with Crippen LogP contribution in [0, 0.1) is 11.3 Å². The van der Waals surface area contributed by atoms with Gasteiger partial charge >= 0.3 is 0 Å². The molecule has 1 aromatic heterocycles. The van der Waals surface area contributed by atoms with Crippen LogP contribution in [0.4, 0.5) is 17.5 Å². The van der Waals surface area contributed by atoms with Gasteiger partial charge in [-0.05, 0) is 48.9 Å². The van der Waals surface area contributed by atoms with Crippen LogP contribution in [0.25, 0.3) is 0 Å². The number of aromatic nitrogens is 2. The van der Waals surface area contributed by atoms with Crippen LogP contribution in [0.5, 0.6) is 0 Å². The zero-order chi connectivity index (χ0) is 19.8. The summed E-state index contributed by atoms with van der Waals surface area (Å²) in [7, 11) is 1.91. The SMILES string of the molecule is CNc1nc(Nc2ccc(C3(C#N)CC3)cc2)nc2c1CCC2c1ccccc1. The second-order valence-corrected chi connectivity index (χ2v) is 7.91. The van der Waals surface area contributed by atoms with Crippen LogP contribution in [-0.2, 0) is 11.8 Å². The minimum Gasteiger partial charge on any atom is -0.373 e. The summed E-state index contributed by atoms with van der Waals surface area (Å²) >= 11 is 0. The molecular formula is C24H23N5. The maximum absolute atomic E-state index is 9.39. The molecule has 0 amide bonds. The fraction of sp³-hybridized carbons (Fsp3) is 0.292. The minimum atomic E-state index is -0.259. The van der Waals surface area contributed by atoms with Crippen molar-refractivity contribution in [2.75, 3.05) is 17.7 Å². The zero-order valence-corrected chi connectivity index (χ0v) is 16.4. The van der Waals surface area contributed by atoms with E-state index in [0.29, 0.717) is 11.9 Å². The number of nitriles is 1. The van der Waals surface area contributed by atoms with Gasteiger partial charge in [0.15, 0.2) is 0 Å². The molecule has 1 saturated carbocycles. The number of nitrogens with zero attached hydrogens (tertiary/aromatic N) is 3. The third-order valence-electron chi connectivity index (χ3n) is 6.15. The molecule has 1 unspecified atom stereocenters. The van der Waals surface area contributed by atoms with Gasteiger partial charge in [-0.15, -0.1) is 0 Å². The molecule has 144 valence electrons. The zero-order valence-electron chi connectivity index (χ0n) is 16.4. The molecule has 0 spiro atoms. The molecule has 2 N–H and O–H groups in total. The lowest BCUT2D eigenvalue weighted by Crippen LogP contribution is -2.08. The number of hydrogen-bond donors (Lipinski definition) is 2. The van der Waals surface area contributed by atoms with Gasteiger partial charge in [0.25, 0.3) is 0 Å². The van der Waals surface area contributed by atoms with E-state index >= 15 is 0 Å². The van der Waals surface area contributed by atoms with E-state index in [9.17, 15) is 5.26 Å². The molecule has 0 radical (unpaired) electrons. The van der Waals surface area contributed by atoms with E-state index in [1.165, 1.54) is 11.1 Å². The van der Waals surface area contributed by atoms with Crippen molar-refractivity contribution in [3.8, 4) is 6.07 Å². The van der Waals surface area contributed by atoms with Crippen molar-refractivity contribution in [2.45, 2.75) is 37.0 Å². The molecule has 3 aromatic rings. The predicted molar refractivity (Wildman–Crippen MR) is 114 cm³/mol. The molecule has 5 rings (SSSR count). The second kappa shape index (κ2) is 6.89. The standard InChI is InChI=1S/C24H23N5/c1-26-22-20-12-11-19(16-5-3-2-4-6-16)21(20)28-23(29-22)27-18-9-7-17(8-10-18)24(15-25)13-14-24/h2-10,19H,11-14H2,1H3,(H2,26,27,28,29). The smallest absolute Gasteiger partial charge is 0.229 e. The largest absolute Gasteiger partial charge is 0.373 e. The van der Waals surface area contributed by atoms with Crippen LogP contribution in [0.1, 0.15) is 47.6 Å². The summed E-state index contributed by atoms with van der Waals surface area (Å²) < 4.78 is 0. The predicted octanol–water partition coefficient (Wildman–Crippen LogP) is 4.90. The molecule has 5 nitrogen and oxygen atoms in total. The summed E-state index contributed by atoms with van der Waals surface area (Å²) in [6.07, 6.45) is 3.95. The lowest BCUT2D eigenvalue weighted by Gasteiger charge is -2.15. The Morgan fingerprint density at radius 2 is 1.79 bits per heavy atom.